The van der Waals surface area contributed by atoms with Crippen LogP contribution in [-0.4, -0.2) is 42.9 Å². The number of carbonyl (C=O) groups is 1. The van der Waals surface area contributed by atoms with E-state index in [1.807, 2.05) is 17.0 Å². The summed E-state index contributed by atoms with van der Waals surface area (Å²) in [6, 6.07) is 13.3. The van der Waals surface area contributed by atoms with Crippen LogP contribution >= 0.6 is 23.2 Å². The molecule has 4 rings (SSSR count). The van der Waals surface area contributed by atoms with Gasteiger partial charge in [-0.05, 0) is 48.7 Å². The predicted molar refractivity (Wildman–Crippen MR) is 113 cm³/mol. The highest BCUT2D eigenvalue weighted by Crippen LogP contribution is 2.25. The lowest BCUT2D eigenvalue weighted by Gasteiger charge is -2.28. The Labute approximate surface area is 174 Å². The molecule has 28 heavy (non-hydrogen) atoms. The Bertz CT molecular complexity index is 942. The van der Waals surface area contributed by atoms with Gasteiger partial charge in [0, 0.05) is 24.2 Å². The van der Waals surface area contributed by atoms with Gasteiger partial charge in [-0.1, -0.05) is 47.0 Å². The topological polar surface area (TPSA) is 41.9 Å². The van der Waals surface area contributed by atoms with E-state index in [0.29, 0.717) is 35.3 Å². The number of benzene rings is 2. The van der Waals surface area contributed by atoms with Crippen LogP contribution in [0.25, 0.3) is 6.08 Å². The van der Waals surface area contributed by atoms with Gasteiger partial charge >= 0.3 is 0 Å². The number of piperidine rings is 1. The quantitative estimate of drug-likeness (QED) is 0.701. The van der Waals surface area contributed by atoms with Crippen LogP contribution in [0.2, 0.25) is 10.0 Å². The first kappa shape index (κ1) is 19.0. The summed E-state index contributed by atoms with van der Waals surface area (Å²) in [6.45, 7) is 2.80. The number of ether oxygens (including phenoxy) is 1. The van der Waals surface area contributed by atoms with Crippen LogP contribution in [0.1, 0.15) is 34.3 Å². The van der Waals surface area contributed by atoms with E-state index in [0.717, 1.165) is 36.4 Å². The molecule has 0 unspecified atom stereocenters. The van der Waals surface area contributed by atoms with Crippen LogP contribution in [0.3, 0.4) is 0 Å². The number of amides is 1. The van der Waals surface area contributed by atoms with Crippen molar-refractivity contribution >= 4 is 41.1 Å². The first-order valence-corrected chi connectivity index (χ1v) is 10.1. The molecule has 0 atom stereocenters. The molecule has 4 nitrogen and oxygen atoms in total. The Kier molecular flexibility index (Phi) is 5.69. The highest BCUT2D eigenvalue weighted by Gasteiger charge is 2.21. The third kappa shape index (κ3) is 4.23. The van der Waals surface area contributed by atoms with Gasteiger partial charge in [0.15, 0.2) is 0 Å². The molecule has 0 spiro atoms. The van der Waals surface area contributed by atoms with Gasteiger partial charge < -0.3 is 9.64 Å². The number of hydrogen-bond donors (Lipinski definition) is 0. The summed E-state index contributed by atoms with van der Waals surface area (Å²) in [6.07, 6.45) is 3.94. The third-order valence-corrected chi connectivity index (χ3v) is 5.71. The largest absolute Gasteiger partial charge is 0.476 e. The van der Waals surface area contributed by atoms with Gasteiger partial charge in [-0.3, -0.25) is 4.79 Å². The molecule has 1 amide bonds. The number of hydrogen-bond acceptors (Lipinski definition) is 3. The van der Waals surface area contributed by atoms with Crippen LogP contribution in [0, 0.1) is 0 Å². The molecule has 0 bridgehead atoms. The number of halogens is 2. The number of nitrogens with zero attached hydrogens (tertiary/aromatic N) is 2. The number of likely N-dealkylation sites (tertiary alicyclic amines) is 1. The van der Waals surface area contributed by atoms with Crippen molar-refractivity contribution < 1.29 is 9.53 Å². The molecule has 2 aromatic carbocycles. The molecule has 144 valence electrons. The molecule has 1 saturated heterocycles. The van der Waals surface area contributed by atoms with E-state index in [1.54, 1.807) is 18.2 Å². The van der Waals surface area contributed by atoms with E-state index in [1.165, 1.54) is 5.57 Å². The predicted octanol–water partition coefficient (Wildman–Crippen LogP) is 5.09. The zero-order chi connectivity index (χ0) is 19.5. The second-order valence-corrected chi connectivity index (χ2v) is 7.70. The maximum absolute atomic E-state index is 12.7. The zero-order valence-electron chi connectivity index (χ0n) is 15.3. The average molecular weight is 415 g/mol. The number of rotatable bonds is 3. The van der Waals surface area contributed by atoms with Gasteiger partial charge in [0.05, 0.1) is 16.6 Å². The van der Waals surface area contributed by atoms with Crippen LogP contribution in [0.5, 0.6) is 0 Å². The van der Waals surface area contributed by atoms with Gasteiger partial charge in [-0.25, -0.2) is 4.99 Å². The van der Waals surface area contributed by atoms with E-state index in [-0.39, 0.29) is 5.91 Å². The summed E-state index contributed by atoms with van der Waals surface area (Å²) >= 11 is 12.0. The van der Waals surface area contributed by atoms with E-state index in [2.05, 4.69) is 23.2 Å². The molecular weight excluding hydrogens is 395 g/mol. The summed E-state index contributed by atoms with van der Waals surface area (Å²) in [5.41, 5.74) is 4.10. The first-order chi connectivity index (χ1) is 13.6. The lowest BCUT2D eigenvalue weighted by atomic mass is 9.99. The monoisotopic (exact) mass is 414 g/mol. The van der Waals surface area contributed by atoms with Crippen LogP contribution in [0.15, 0.2) is 53.0 Å². The Balaban J connectivity index is 1.38. The van der Waals surface area contributed by atoms with Crippen molar-refractivity contribution in [3.8, 4) is 0 Å². The molecule has 1 fully saturated rings. The molecule has 2 aromatic rings. The Morgan fingerprint density at radius 1 is 1.04 bits per heavy atom. The maximum atomic E-state index is 12.7. The van der Waals surface area contributed by atoms with Gasteiger partial charge in [0.2, 0.25) is 5.90 Å². The fourth-order valence-electron chi connectivity index (χ4n) is 3.42. The molecule has 2 aliphatic rings. The second-order valence-electron chi connectivity index (χ2n) is 6.88. The standard InChI is InChI=1S/C22H20Cl2N2O2/c23-19-6-5-18(14-20(19)24)22(27)26-10-7-16(8-11-26)13-15-1-3-17(4-2-15)21-25-9-12-28-21/h1-6,13-14H,7-12H2. The van der Waals surface area contributed by atoms with Crippen LogP contribution in [-0.2, 0) is 4.74 Å². The van der Waals surface area contributed by atoms with E-state index < -0.39 is 0 Å². The zero-order valence-corrected chi connectivity index (χ0v) is 16.8. The SMILES string of the molecule is O=C(c1ccc(Cl)c(Cl)c1)N1CCC(=Cc2ccc(C3=NCCO3)cc2)CC1. The molecular formula is C22H20Cl2N2O2. The summed E-state index contributed by atoms with van der Waals surface area (Å²) in [5, 5.41) is 0.863. The smallest absolute Gasteiger partial charge is 0.253 e. The Morgan fingerprint density at radius 2 is 1.79 bits per heavy atom. The minimum Gasteiger partial charge on any atom is -0.476 e. The van der Waals surface area contributed by atoms with Crippen molar-refractivity contribution in [1.29, 1.82) is 0 Å². The highest BCUT2D eigenvalue weighted by atomic mass is 35.5. The third-order valence-electron chi connectivity index (χ3n) is 4.97. The number of aliphatic imine (C=N–C) groups is 1. The minimum absolute atomic E-state index is 0.000641. The van der Waals surface area contributed by atoms with Crippen molar-refractivity contribution in [2.75, 3.05) is 26.2 Å². The van der Waals surface area contributed by atoms with Gasteiger partial charge in [-0.2, -0.15) is 0 Å². The highest BCUT2D eigenvalue weighted by molar-refractivity contribution is 6.42. The summed E-state index contributed by atoms with van der Waals surface area (Å²) in [7, 11) is 0. The lowest BCUT2D eigenvalue weighted by Crippen LogP contribution is -2.36. The lowest BCUT2D eigenvalue weighted by molar-refractivity contribution is 0.0744. The molecule has 0 N–H and O–H groups in total. The minimum atomic E-state index is -0.000641. The van der Waals surface area contributed by atoms with Crippen LogP contribution in [0.4, 0.5) is 0 Å². The molecule has 0 aliphatic carbocycles. The molecule has 2 heterocycles. The molecule has 2 aliphatic heterocycles. The Hall–Kier alpha value is -2.30. The second kappa shape index (κ2) is 8.38. The normalized spacial score (nSPS) is 16.6. The first-order valence-electron chi connectivity index (χ1n) is 9.31. The van der Waals surface area contributed by atoms with Crippen molar-refractivity contribution in [1.82, 2.24) is 4.90 Å². The van der Waals surface area contributed by atoms with E-state index in [9.17, 15) is 4.79 Å². The van der Waals surface area contributed by atoms with Gasteiger partial charge in [-0.15, -0.1) is 0 Å². The van der Waals surface area contributed by atoms with Crippen molar-refractivity contribution in [3.63, 3.8) is 0 Å². The van der Waals surface area contributed by atoms with Crippen LogP contribution < -0.4 is 0 Å². The molecule has 0 radical (unpaired) electrons. The van der Waals surface area contributed by atoms with E-state index >= 15 is 0 Å². The maximum Gasteiger partial charge on any atom is 0.253 e. The molecule has 6 heteroatoms. The number of carbonyl (C=O) groups excluding carboxylic acids is 1. The van der Waals surface area contributed by atoms with Gasteiger partial charge in [0.25, 0.3) is 5.91 Å². The Morgan fingerprint density at radius 3 is 2.43 bits per heavy atom. The average Bonchev–Trinajstić information content (AvgIpc) is 3.26. The van der Waals surface area contributed by atoms with Crippen molar-refractivity contribution in [2.24, 2.45) is 4.99 Å². The van der Waals surface area contributed by atoms with Gasteiger partial charge in [0.1, 0.15) is 6.61 Å². The molecule has 0 aromatic heterocycles. The summed E-state index contributed by atoms with van der Waals surface area (Å²) in [4.78, 5) is 18.9. The van der Waals surface area contributed by atoms with Crippen molar-refractivity contribution in [2.45, 2.75) is 12.8 Å². The fourth-order valence-corrected chi connectivity index (χ4v) is 3.72. The summed E-state index contributed by atoms with van der Waals surface area (Å²) < 4.78 is 5.49. The molecule has 0 saturated carbocycles. The van der Waals surface area contributed by atoms with E-state index in [4.69, 9.17) is 27.9 Å². The fraction of sp³-hybridized carbons (Fsp3) is 0.273. The van der Waals surface area contributed by atoms with Crippen molar-refractivity contribution in [3.05, 3.63) is 74.8 Å². The summed E-state index contributed by atoms with van der Waals surface area (Å²) in [5.74, 6) is 0.729.